The van der Waals surface area contributed by atoms with Gasteiger partial charge in [0.25, 0.3) is 0 Å². The topological polar surface area (TPSA) is 41.1 Å². The zero-order valence-corrected chi connectivity index (χ0v) is 11.5. The molecule has 2 rings (SSSR count). The summed E-state index contributed by atoms with van der Waals surface area (Å²) in [5.41, 5.74) is 2.83. The lowest BCUT2D eigenvalue weighted by Crippen LogP contribution is -2.50. The third kappa shape index (κ3) is 2.27. The molecular weight excluding hydrogens is 224 g/mol. The molecule has 0 saturated carbocycles. The van der Waals surface area contributed by atoms with Gasteiger partial charge >= 0.3 is 0 Å². The molecule has 0 aromatic heterocycles. The maximum Gasteiger partial charge on any atom is 0.244 e. The van der Waals surface area contributed by atoms with Crippen molar-refractivity contribution in [2.45, 2.75) is 45.6 Å². The Balaban J connectivity index is 2.21. The Hall–Kier alpha value is -1.35. The van der Waals surface area contributed by atoms with Crippen LogP contribution in [0, 0.1) is 13.8 Å². The van der Waals surface area contributed by atoms with Crippen LogP contribution in [-0.2, 0) is 4.79 Å². The van der Waals surface area contributed by atoms with Gasteiger partial charge in [-0.2, -0.15) is 0 Å². The summed E-state index contributed by atoms with van der Waals surface area (Å²) in [5.74, 6) is 0.111. The SMILES string of the molecule is CCC1(C(=O)Nc2c(C)cccc2C)CCCN1. The van der Waals surface area contributed by atoms with Gasteiger partial charge in [-0.25, -0.2) is 0 Å². The van der Waals surface area contributed by atoms with Crippen LogP contribution in [-0.4, -0.2) is 18.0 Å². The summed E-state index contributed by atoms with van der Waals surface area (Å²) >= 11 is 0. The second kappa shape index (κ2) is 5.11. The van der Waals surface area contributed by atoms with Gasteiger partial charge in [0.2, 0.25) is 5.91 Å². The van der Waals surface area contributed by atoms with Gasteiger partial charge < -0.3 is 10.6 Å². The number of para-hydroxylation sites is 1. The Kier molecular flexibility index (Phi) is 3.71. The second-order valence-electron chi connectivity index (χ2n) is 5.19. The highest BCUT2D eigenvalue weighted by Gasteiger charge is 2.39. The lowest BCUT2D eigenvalue weighted by molar-refractivity contribution is -0.122. The molecule has 3 heteroatoms. The normalized spacial score (nSPS) is 23.1. The molecule has 18 heavy (non-hydrogen) atoms. The van der Waals surface area contributed by atoms with E-state index in [4.69, 9.17) is 0 Å². The third-order valence-corrected chi connectivity index (χ3v) is 4.00. The van der Waals surface area contributed by atoms with Crippen LogP contribution in [0.2, 0.25) is 0 Å². The Labute approximate surface area is 109 Å². The first-order valence-electron chi connectivity index (χ1n) is 6.72. The zero-order valence-electron chi connectivity index (χ0n) is 11.5. The Morgan fingerprint density at radius 3 is 2.56 bits per heavy atom. The molecule has 1 aliphatic rings. The minimum atomic E-state index is -0.366. The van der Waals surface area contributed by atoms with E-state index in [0.717, 1.165) is 42.6 Å². The molecule has 1 aliphatic heterocycles. The Morgan fingerprint density at radius 1 is 1.39 bits per heavy atom. The fourth-order valence-electron chi connectivity index (χ4n) is 2.71. The molecule has 0 aliphatic carbocycles. The van der Waals surface area contributed by atoms with Gasteiger partial charge in [0, 0.05) is 5.69 Å². The van der Waals surface area contributed by atoms with E-state index in [1.807, 2.05) is 32.0 Å². The van der Waals surface area contributed by atoms with Crippen LogP contribution < -0.4 is 10.6 Å². The second-order valence-corrected chi connectivity index (χ2v) is 5.19. The molecule has 1 atom stereocenters. The van der Waals surface area contributed by atoms with Gasteiger partial charge in [-0.15, -0.1) is 0 Å². The summed E-state index contributed by atoms with van der Waals surface area (Å²) in [6.45, 7) is 7.07. The summed E-state index contributed by atoms with van der Waals surface area (Å²) in [4.78, 5) is 12.5. The summed E-state index contributed by atoms with van der Waals surface area (Å²) in [5, 5.41) is 6.48. The van der Waals surface area contributed by atoms with Crippen LogP contribution in [0.15, 0.2) is 18.2 Å². The summed E-state index contributed by atoms with van der Waals surface area (Å²) < 4.78 is 0. The van der Waals surface area contributed by atoms with Crippen molar-refractivity contribution in [2.24, 2.45) is 0 Å². The van der Waals surface area contributed by atoms with Gasteiger partial charge in [-0.3, -0.25) is 4.79 Å². The number of hydrogen-bond donors (Lipinski definition) is 2. The van der Waals surface area contributed by atoms with E-state index in [-0.39, 0.29) is 11.4 Å². The number of aryl methyl sites for hydroxylation is 2. The zero-order chi connectivity index (χ0) is 13.2. The number of rotatable bonds is 3. The molecule has 3 nitrogen and oxygen atoms in total. The fraction of sp³-hybridized carbons (Fsp3) is 0.533. The molecule has 1 fully saturated rings. The molecular formula is C15H22N2O. The lowest BCUT2D eigenvalue weighted by atomic mass is 9.92. The van der Waals surface area contributed by atoms with Crippen molar-refractivity contribution >= 4 is 11.6 Å². The summed E-state index contributed by atoms with van der Waals surface area (Å²) in [6, 6.07) is 6.08. The first-order valence-corrected chi connectivity index (χ1v) is 6.72. The molecule has 1 heterocycles. The van der Waals surface area contributed by atoms with Gasteiger partial charge in [-0.05, 0) is 50.8 Å². The van der Waals surface area contributed by atoms with Crippen LogP contribution in [0.25, 0.3) is 0 Å². The molecule has 0 spiro atoms. The summed E-state index contributed by atoms with van der Waals surface area (Å²) in [6.07, 6.45) is 2.85. The van der Waals surface area contributed by atoms with Crippen molar-refractivity contribution in [1.29, 1.82) is 0 Å². The molecule has 1 saturated heterocycles. The van der Waals surface area contributed by atoms with E-state index in [1.54, 1.807) is 0 Å². The molecule has 0 bridgehead atoms. The standard InChI is InChI=1S/C15H22N2O/c1-4-15(9-6-10-16-15)14(18)17-13-11(2)7-5-8-12(13)3/h5,7-8,16H,4,6,9-10H2,1-3H3,(H,17,18). The van der Waals surface area contributed by atoms with Gasteiger partial charge in [-0.1, -0.05) is 25.1 Å². The quantitative estimate of drug-likeness (QED) is 0.861. The molecule has 98 valence electrons. The highest BCUT2D eigenvalue weighted by Crippen LogP contribution is 2.27. The van der Waals surface area contributed by atoms with E-state index >= 15 is 0 Å². The smallest absolute Gasteiger partial charge is 0.244 e. The number of carbonyl (C=O) groups is 1. The van der Waals surface area contributed by atoms with Crippen LogP contribution in [0.4, 0.5) is 5.69 Å². The van der Waals surface area contributed by atoms with E-state index < -0.39 is 0 Å². The molecule has 1 unspecified atom stereocenters. The predicted molar refractivity (Wildman–Crippen MR) is 74.8 cm³/mol. The lowest BCUT2D eigenvalue weighted by Gasteiger charge is -2.27. The average Bonchev–Trinajstić information content (AvgIpc) is 2.84. The van der Waals surface area contributed by atoms with Gasteiger partial charge in [0.1, 0.15) is 0 Å². The third-order valence-electron chi connectivity index (χ3n) is 4.00. The average molecular weight is 246 g/mol. The first kappa shape index (κ1) is 13.1. The van der Waals surface area contributed by atoms with Crippen molar-refractivity contribution in [2.75, 3.05) is 11.9 Å². The molecule has 1 aromatic carbocycles. The van der Waals surface area contributed by atoms with E-state index in [2.05, 4.69) is 17.6 Å². The Morgan fingerprint density at radius 2 is 2.06 bits per heavy atom. The van der Waals surface area contributed by atoms with E-state index in [0.29, 0.717) is 0 Å². The molecule has 1 amide bonds. The summed E-state index contributed by atoms with van der Waals surface area (Å²) in [7, 11) is 0. The number of anilines is 1. The van der Waals surface area contributed by atoms with Crippen molar-refractivity contribution in [3.05, 3.63) is 29.3 Å². The first-order chi connectivity index (χ1) is 8.59. The molecule has 0 radical (unpaired) electrons. The van der Waals surface area contributed by atoms with Gasteiger partial charge in [0.05, 0.1) is 5.54 Å². The van der Waals surface area contributed by atoms with Crippen molar-refractivity contribution < 1.29 is 4.79 Å². The number of hydrogen-bond acceptors (Lipinski definition) is 2. The van der Waals surface area contributed by atoms with E-state index in [1.165, 1.54) is 0 Å². The van der Waals surface area contributed by atoms with Crippen molar-refractivity contribution in [1.82, 2.24) is 5.32 Å². The van der Waals surface area contributed by atoms with Crippen LogP contribution in [0.5, 0.6) is 0 Å². The maximum absolute atomic E-state index is 12.5. The minimum Gasteiger partial charge on any atom is -0.324 e. The van der Waals surface area contributed by atoms with Crippen molar-refractivity contribution in [3.8, 4) is 0 Å². The fourth-order valence-corrected chi connectivity index (χ4v) is 2.71. The minimum absolute atomic E-state index is 0.111. The Bertz CT molecular complexity index is 428. The largest absolute Gasteiger partial charge is 0.324 e. The number of benzene rings is 1. The van der Waals surface area contributed by atoms with E-state index in [9.17, 15) is 4.79 Å². The molecule has 2 N–H and O–H groups in total. The highest BCUT2D eigenvalue weighted by atomic mass is 16.2. The monoisotopic (exact) mass is 246 g/mol. The van der Waals surface area contributed by atoms with Gasteiger partial charge in [0.15, 0.2) is 0 Å². The number of amides is 1. The van der Waals surface area contributed by atoms with Crippen LogP contribution >= 0.6 is 0 Å². The molecule has 1 aromatic rings. The van der Waals surface area contributed by atoms with Crippen LogP contribution in [0.1, 0.15) is 37.3 Å². The maximum atomic E-state index is 12.5. The number of nitrogens with one attached hydrogen (secondary N) is 2. The van der Waals surface area contributed by atoms with Crippen LogP contribution in [0.3, 0.4) is 0 Å². The number of carbonyl (C=O) groups excluding carboxylic acids is 1. The van der Waals surface area contributed by atoms with Crippen molar-refractivity contribution in [3.63, 3.8) is 0 Å². The highest BCUT2D eigenvalue weighted by molar-refractivity contribution is 5.99. The predicted octanol–water partition coefficient (Wildman–Crippen LogP) is 2.77.